The van der Waals surface area contributed by atoms with Gasteiger partial charge in [-0.05, 0) is 38.0 Å². The van der Waals surface area contributed by atoms with E-state index in [1.165, 1.54) is 0 Å². The van der Waals surface area contributed by atoms with Crippen LogP contribution in [-0.4, -0.2) is 34.4 Å². The van der Waals surface area contributed by atoms with Crippen molar-refractivity contribution in [1.29, 1.82) is 0 Å². The quantitative estimate of drug-likeness (QED) is 0.587. The Balaban J connectivity index is 1.38. The van der Waals surface area contributed by atoms with E-state index in [0.29, 0.717) is 6.42 Å². The molecular formula is C26H27N3O2. The lowest BCUT2D eigenvalue weighted by Crippen LogP contribution is -2.51. The summed E-state index contributed by atoms with van der Waals surface area (Å²) in [6, 6.07) is 16.3. The van der Waals surface area contributed by atoms with Crippen molar-refractivity contribution in [3.63, 3.8) is 0 Å². The third-order valence-corrected chi connectivity index (χ3v) is 6.42. The van der Waals surface area contributed by atoms with Crippen molar-refractivity contribution in [1.82, 2.24) is 9.97 Å². The van der Waals surface area contributed by atoms with Gasteiger partial charge in [0, 0.05) is 37.6 Å². The Morgan fingerprint density at radius 3 is 2.45 bits per heavy atom. The minimum Gasteiger partial charge on any atom is -0.486 e. The Morgan fingerprint density at radius 2 is 1.71 bits per heavy atom. The van der Waals surface area contributed by atoms with Gasteiger partial charge in [0.1, 0.15) is 23.0 Å². The van der Waals surface area contributed by atoms with Crippen LogP contribution in [-0.2, 0) is 0 Å². The number of aromatic nitrogens is 2. The molecule has 3 aromatic rings. The van der Waals surface area contributed by atoms with Crippen molar-refractivity contribution in [3.8, 4) is 17.0 Å². The van der Waals surface area contributed by atoms with Crippen LogP contribution in [0.5, 0.6) is 5.75 Å². The van der Waals surface area contributed by atoms with Crippen LogP contribution in [0, 0.1) is 20.8 Å². The van der Waals surface area contributed by atoms with Crippen molar-refractivity contribution in [2.45, 2.75) is 45.6 Å². The van der Waals surface area contributed by atoms with E-state index in [-0.39, 0.29) is 5.78 Å². The lowest BCUT2D eigenvalue weighted by atomic mass is 9.81. The third-order valence-electron chi connectivity index (χ3n) is 6.42. The first-order valence-corrected chi connectivity index (χ1v) is 10.9. The molecule has 0 radical (unpaired) electrons. The normalized spacial score (nSPS) is 17.4. The first kappa shape index (κ1) is 19.7. The zero-order valence-corrected chi connectivity index (χ0v) is 18.3. The van der Waals surface area contributed by atoms with Gasteiger partial charge in [0.25, 0.3) is 0 Å². The number of rotatable bonds is 2. The minimum atomic E-state index is -0.412. The Hall–Kier alpha value is -3.21. The molecule has 5 heteroatoms. The summed E-state index contributed by atoms with van der Waals surface area (Å²) in [7, 11) is 0. The molecule has 2 aromatic carbocycles. The van der Waals surface area contributed by atoms with E-state index in [4.69, 9.17) is 9.72 Å². The molecular weight excluding hydrogens is 386 g/mol. The molecule has 0 bridgehead atoms. The Labute approximate surface area is 183 Å². The number of anilines is 1. The van der Waals surface area contributed by atoms with E-state index in [2.05, 4.69) is 34.1 Å². The Kier molecular flexibility index (Phi) is 4.77. The van der Waals surface area contributed by atoms with Crippen LogP contribution in [0.1, 0.15) is 46.6 Å². The fourth-order valence-electron chi connectivity index (χ4n) is 4.91. The van der Waals surface area contributed by atoms with Gasteiger partial charge in [-0.2, -0.15) is 0 Å². The van der Waals surface area contributed by atoms with E-state index in [1.807, 2.05) is 45.0 Å². The highest BCUT2D eigenvalue weighted by atomic mass is 16.5. The van der Waals surface area contributed by atoms with Gasteiger partial charge in [0.15, 0.2) is 5.78 Å². The van der Waals surface area contributed by atoms with Gasteiger partial charge in [-0.25, -0.2) is 9.97 Å². The molecule has 2 aliphatic rings. The van der Waals surface area contributed by atoms with Gasteiger partial charge in [-0.15, -0.1) is 0 Å². The Bertz CT molecular complexity index is 1150. The van der Waals surface area contributed by atoms with E-state index >= 15 is 0 Å². The molecule has 1 fully saturated rings. The molecule has 0 unspecified atom stereocenters. The molecule has 0 amide bonds. The molecule has 5 nitrogen and oxygen atoms in total. The fraction of sp³-hybridized carbons (Fsp3) is 0.346. The smallest absolute Gasteiger partial charge is 0.170 e. The SMILES string of the molecule is Cc1cc(C)c2c(c1)OC1(CCN(c3cc(-c4ccccc4)nc(C)n3)CC1)CC2=O. The number of carbonyl (C=O) groups excluding carboxylic acids is 1. The maximum absolute atomic E-state index is 13.0. The number of piperidine rings is 1. The maximum atomic E-state index is 13.0. The number of aryl methyl sites for hydroxylation is 3. The molecule has 0 saturated carbocycles. The fourth-order valence-corrected chi connectivity index (χ4v) is 4.91. The second-order valence-electron chi connectivity index (χ2n) is 8.85. The molecule has 1 aromatic heterocycles. The summed E-state index contributed by atoms with van der Waals surface area (Å²) in [6.07, 6.45) is 2.06. The second kappa shape index (κ2) is 7.49. The number of nitrogens with zero attached hydrogens (tertiary/aromatic N) is 3. The largest absolute Gasteiger partial charge is 0.486 e. The van der Waals surface area contributed by atoms with E-state index < -0.39 is 5.60 Å². The zero-order valence-electron chi connectivity index (χ0n) is 18.3. The molecule has 158 valence electrons. The van der Waals surface area contributed by atoms with Crippen molar-refractivity contribution < 1.29 is 9.53 Å². The summed E-state index contributed by atoms with van der Waals surface area (Å²) in [5.74, 6) is 2.67. The number of hydrogen-bond acceptors (Lipinski definition) is 5. The van der Waals surface area contributed by atoms with Crippen LogP contribution < -0.4 is 9.64 Å². The maximum Gasteiger partial charge on any atom is 0.170 e. The number of ether oxygens (including phenoxy) is 1. The van der Waals surface area contributed by atoms with Gasteiger partial charge in [0.2, 0.25) is 0 Å². The predicted octanol–water partition coefficient (Wildman–Crippen LogP) is 5.07. The van der Waals surface area contributed by atoms with Crippen LogP contribution in [0.25, 0.3) is 11.3 Å². The summed E-state index contributed by atoms with van der Waals surface area (Å²) in [5, 5.41) is 0. The highest BCUT2D eigenvalue weighted by Gasteiger charge is 2.43. The summed E-state index contributed by atoms with van der Waals surface area (Å²) < 4.78 is 6.51. The van der Waals surface area contributed by atoms with Crippen LogP contribution in [0.2, 0.25) is 0 Å². The zero-order chi connectivity index (χ0) is 21.6. The topological polar surface area (TPSA) is 55.3 Å². The molecule has 5 rings (SSSR count). The van der Waals surface area contributed by atoms with Gasteiger partial charge in [-0.3, -0.25) is 4.79 Å². The summed E-state index contributed by atoms with van der Waals surface area (Å²) >= 11 is 0. The monoisotopic (exact) mass is 413 g/mol. The van der Waals surface area contributed by atoms with Crippen molar-refractivity contribution in [3.05, 3.63) is 71.0 Å². The highest BCUT2D eigenvalue weighted by Crippen LogP contribution is 2.41. The van der Waals surface area contributed by atoms with Crippen LogP contribution in [0.15, 0.2) is 48.5 Å². The highest BCUT2D eigenvalue weighted by molar-refractivity contribution is 6.01. The first-order valence-electron chi connectivity index (χ1n) is 10.9. The van der Waals surface area contributed by atoms with E-state index in [9.17, 15) is 4.79 Å². The molecule has 31 heavy (non-hydrogen) atoms. The molecule has 0 atom stereocenters. The number of carbonyl (C=O) groups is 1. The molecule has 1 saturated heterocycles. The van der Waals surface area contributed by atoms with Gasteiger partial charge in [-0.1, -0.05) is 36.4 Å². The number of ketones is 1. The number of fused-ring (bicyclic) bond motifs is 1. The molecule has 2 aliphatic heterocycles. The lowest BCUT2D eigenvalue weighted by Gasteiger charge is -2.44. The average Bonchev–Trinajstić information content (AvgIpc) is 2.73. The first-order chi connectivity index (χ1) is 14.9. The average molecular weight is 414 g/mol. The van der Waals surface area contributed by atoms with Crippen molar-refractivity contribution in [2.75, 3.05) is 18.0 Å². The van der Waals surface area contributed by atoms with Gasteiger partial charge >= 0.3 is 0 Å². The standard InChI is InChI=1S/C26H27N3O2/c1-17-13-18(2)25-22(30)16-26(31-23(25)14-17)9-11-29(12-10-26)24-15-21(27-19(3)28-24)20-7-5-4-6-8-20/h4-8,13-15H,9-12,16H2,1-3H3. The lowest BCUT2D eigenvalue weighted by molar-refractivity contribution is 0.0229. The van der Waals surface area contributed by atoms with Crippen molar-refractivity contribution in [2.24, 2.45) is 0 Å². The van der Waals surface area contributed by atoms with Crippen molar-refractivity contribution >= 4 is 11.6 Å². The number of hydrogen-bond donors (Lipinski definition) is 0. The molecule has 1 spiro atoms. The number of Topliss-reactive ketones (excluding diaryl/α,β-unsaturated/α-hetero) is 1. The summed E-state index contributed by atoms with van der Waals surface area (Å²) in [6.45, 7) is 7.59. The minimum absolute atomic E-state index is 0.205. The number of benzene rings is 2. The second-order valence-corrected chi connectivity index (χ2v) is 8.85. The molecule has 3 heterocycles. The predicted molar refractivity (Wildman–Crippen MR) is 122 cm³/mol. The van der Waals surface area contributed by atoms with Crippen LogP contribution >= 0.6 is 0 Å². The summed E-state index contributed by atoms with van der Waals surface area (Å²) in [4.78, 5) is 24.6. The van der Waals surface area contributed by atoms with Gasteiger partial charge in [0.05, 0.1) is 17.7 Å². The molecule has 0 aliphatic carbocycles. The third kappa shape index (κ3) is 3.69. The van der Waals surface area contributed by atoms with Crippen LogP contribution in [0.4, 0.5) is 5.82 Å². The summed E-state index contributed by atoms with van der Waals surface area (Å²) in [5.41, 5.74) is 4.52. The van der Waals surface area contributed by atoms with Gasteiger partial charge < -0.3 is 9.64 Å². The van der Waals surface area contributed by atoms with E-state index in [0.717, 1.165) is 71.3 Å². The van der Waals surface area contributed by atoms with E-state index in [1.54, 1.807) is 0 Å². The molecule has 0 N–H and O–H groups in total. The Morgan fingerprint density at radius 1 is 0.968 bits per heavy atom. The van der Waals surface area contributed by atoms with Crippen LogP contribution in [0.3, 0.4) is 0 Å².